The SMILES string of the molecule is CC(C)c1cn(C(C)C)nn1.CC(C)c1cnn(C(C)C)n1.CC(C)c1ncn(C(C)C)n1.CC(C)n1c[n+](C(C)C)cn1. The van der Waals surface area contributed by atoms with Crippen LogP contribution in [-0.2, 0) is 0 Å². The normalized spacial score (nSPS) is 11.5. The van der Waals surface area contributed by atoms with Gasteiger partial charge >= 0.3 is 0 Å². The van der Waals surface area contributed by atoms with Crippen LogP contribution in [0.5, 0.6) is 0 Å². The van der Waals surface area contributed by atoms with Crippen LogP contribution in [0.2, 0.25) is 0 Å². The summed E-state index contributed by atoms with van der Waals surface area (Å²) in [5.74, 6) is 2.30. The van der Waals surface area contributed by atoms with Crippen molar-refractivity contribution in [1.29, 1.82) is 0 Å². The van der Waals surface area contributed by atoms with Crippen LogP contribution < -0.4 is 4.57 Å². The van der Waals surface area contributed by atoms with Gasteiger partial charge in [0.05, 0.1) is 29.7 Å². The summed E-state index contributed by atoms with van der Waals surface area (Å²) < 4.78 is 7.82. The van der Waals surface area contributed by atoms with Crippen molar-refractivity contribution in [2.45, 2.75) is 159 Å². The molecule has 4 aromatic rings. The molecule has 0 amide bonds. The maximum atomic E-state index is 4.31. The van der Waals surface area contributed by atoms with Crippen molar-refractivity contribution in [3.05, 3.63) is 48.6 Å². The molecule has 0 fully saturated rings. The van der Waals surface area contributed by atoms with Gasteiger partial charge in [0, 0.05) is 29.3 Å². The number of rotatable bonds is 8. The first-order valence-electron chi connectivity index (χ1n) is 16.1. The maximum Gasteiger partial charge on any atom is 0.265 e. The zero-order valence-electron chi connectivity index (χ0n) is 30.4. The van der Waals surface area contributed by atoms with E-state index in [-0.39, 0.29) is 0 Å². The molecule has 0 N–H and O–H groups in total. The summed E-state index contributed by atoms with van der Waals surface area (Å²) in [6, 6.07) is 2.14. The van der Waals surface area contributed by atoms with Gasteiger partial charge in [-0.25, -0.2) is 14.2 Å². The van der Waals surface area contributed by atoms with Crippen molar-refractivity contribution in [2.75, 3.05) is 0 Å². The molecule has 0 aromatic carbocycles. The molecule has 0 aliphatic rings. The molecule has 0 radical (unpaired) electrons. The van der Waals surface area contributed by atoms with Crippen molar-refractivity contribution in [1.82, 2.24) is 54.5 Å². The number of aromatic nitrogens is 12. The molecule has 4 heterocycles. The lowest BCUT2D eigenvalue weighted by Gasteiger charge is -2.02. The minimum Gasteiger partial charge on any atom is -0.250 e. The Labute approximate surface area is 266 Å². The Morgan fingerprint density at radius 2 is 1.16 bits per heavy atom. The van der Waals surface area contributed by atoms with Gasteiger partial charge in [-0.3, -0.25) is 4.68 Å². The topological polar surface area (TPSA) is 114 Å². The molecule has 248 valence electrons. The van der Waals surface area contributed by atoms with E-state index in [1.54, 1.807) is 11.1 Å². The van der Waals surface area contributed by atoms with Crippen LogP contribution in [0.3, 0.4) is 0 Å². The van der Waals surface area contributed by atoms with Crippen LogP contribution in [0.4, 0.5) is 0 Å². The summed E-state index contributed by atoms with van der Waals surface area (Å²) in [7, 11) is 0. The molecular weight excluding hydrogens is 552 g/mol. The second kappa shape index (κ2) is 18.4. The molecule has 4 aromatic heterocycles. The van der Waals surface area contributed by atoms with E-state index in [4.69, 9.17) is 0 Å². The van der Waals surface area contributed by atoms with Gasteiger partial charge in [0.1, 0.15) is 12.4 Å². The summed E-state index contributed by atoms with van der Waals surface area (Å²) in [5.41, 5.74) is 2.14. The minimum atomic E-state index is 0.363. The van der Waals surface area contributed by atoms with Crippen molar-refractivity contribution in [3.8, 4) is 0 Å². The Balaban J connectivity index is 0.000000293. The Kier molecular flexibility index (Phi) is 16.1. The summed E-state index contributed by atoms with van der Waals surface area (Å²) in [5, 5.41) is 25.0. The molecule has 0 unspecified atom stereocenters. The molecule has 0 atom stereocenters. The fourth-order valence-electron chi connectivity index (χ4n) is 3.26. The molecule has 0 aliphatic carbocycles. The lowest BCUT2D eigenvalue weighted by Crippen LogP contribution is -2.33. The van der Waals surface area contributed by atoms with E-state index in [9.17, 15) is 0 Å². The van der Waals surface area contributed by atoms with Crippen molar-refractivity contribution in [2.24, 2.45) is 0 Å². The predicted molar refractivity (Wildman–Crippen MR) is 177 cm³/mol. The van der Waals surface area contributed by atoms with Gasteiger partial charge in [-0.15, -0.1) is 9.78 Å². The first-order valence-corrected chi connectivity index (χ1v) is 16.1. The maximum absolute atomic E-state index is 4.31. The van der Waals surface area contributed by atoms with E-state index >= 15 is 0 Å². The average molecular weight is 614 g/mol. The second-order valence-corrected chi connectivity index (χ2v) is 13.4. The lowest BCUT2D eigenvalue weighted by atomic mass is 10.2. The third-order valence-electron chi connectivity index (χ3n) is 6.50. The second-order valence-electron chi connectivity index (χ2n) is 13.4. The zero-order chi connectivity index (χ0) is 33.7. The number of hydrogen-bond donors (Lipinski definition) is 0. The number of hydrogen-bond acceptors (Lipinski definition) is 7. The van der Waals surface area contributed by atoms with Gasteiger partial charge < -0.3 is 0 Å². The van der Waals surface area contributed by atoms with Crippen molar-refractivity contribution < 1.29 is 4.57 Å². The molecule has 0 bridgehead atoms. The highest BCUT2D eigenvalue weighted by Gasteiger charge is 2.11. The Morgan fingerprint density at radius 3 is 1.43 bits per heavy atom. The van der Waals surface area contributed by atoms with E-state index in [1.165, 1.54) is 0 Å². The summed E-state index contributed by atoms with van der Waals surface area (Å²) >= 11 is 0. The van der Waals surface area contributed by atoms with Crippen molar-refractivity contribution in [3.63, 3.8) is 0 Å². The number of nitrogens with zero attached hydrogens (tertiary/aromatic N) is 12. The predicted octanol–water partition coefficient (Wildman–Crippen LogP) is 7.28. The van der Waals surface area contributed by atoms with Gasteiger partial charge in [0.2, 0.25) is 6.33 Å². The van der Waals surface area contributed by atoms with Gasteiger partial charge in [-0.2, -0.15) is 20.1 Å². The zero-order valence-corrected chi connectivity index (χ0v) is 30.4. The highest BCUT2D eigenvalue weighted by atomic mass is 15.5. The lowest BCUT2D eigenvalue weighted by molar-refractivity contribution is -0.717. The highest BCUT2D eigenvalue weighted by Crippen LogP contribution is 2.12. The molecule has 44 heavy (non-hydrogen) atoms. The van der Waals surface area contributed by atoms with Crippen LogP contribution in [-0.4, -0.2) is 54.5 Å². The molecule has 0 saturated heterocycles. The third kappa shape index (κ3) is 13.1. The average Bonchev–Trinajstić information content (AvgIpc) is 3.76. The van der Waals surface area contributed by atoms with E-state index in [1.807, 2.05) is 39.1 Å². The Bertz CT molecular complexity index is 1010. The van der Waals surface area contributed by atoms with E-state index < -0.39 is 0 Å². The fraction of sp³-hybridized carbons (Fsp3) is 0.750. The van der Waals surface area contributed by atoms with Crippen LogP contribution in [0.15, 0.2) is 31.4 Å². The summed E-state index contributed by atoms with van der Waals surface area (Å²) in [4.78, 5) is 5.93. The first-order chi connectivity index (χ1) is 20.4. The van der Waals surface area contributed by atoms with Gasteiger partial charge in [0.25, 0.3) is 6.33 Å². The van der Waals surface area contributed by atoms with Crippen molar-refractivity contribution >= 4 is 0 Å². The smallest absolute Gasteiger partial charge is 0.250 e. The van der Waals surface area contributed by atoms with Crippen LogP contribution in [0, 0.1) is 0 Å². The molecular formula is C32H61N12+. The fourth-order valence-corrected chi connectivity index (χ4v) is 3.26. The minimum absolute atomic E-state index is 0.363. The van der Waals surface area contributed by atoms with E-state index in [0.29, 0.717) is 48.0 Å². The largest absolute Gasteiger partial charge is 0.265 e. The Hall–Kier alpha value is -3.44. The quantitative estimate of drug-likeness (QED) is 0.192. The van der Waals surface area contributed by atoms with Gasteiger partial charge in [-0.05, 0) is 81.1 Å². The third-order valence-corrected chi connectivity index (χ3v) is 6.50. The van der Waals surface area contributed by atoms with E-state index in [2.05, 4.69) is 151 Å². The molecule has 0 aliphatic heterocycles. The monoisotopic (exact) mass is 614 g/mol. The first kappa shape index (κ1) is 38.6. The molecule has 0 spiro atoms. The van der Waals surface area contributed by atoms with E-state index in [0.717, 1.165) is 17.2 Å². The summed E-state index contributed by atoms with van der Waals surface area (Å²) in [6.07, 6.45) is 9.54. The highest BCUT2D eigenvalue weighted by molar-refractivity contribution is 4.98. The van der Waals surface area contributed by atoms with Crippen LogP contribution in [0.25, 0.3) is 0 Å². The molecule has 4 rings (SSSR count). The van der Waals surface area contributed by atoms with Crippen LogP contribution in [0.1, 0.15) is 176 Å². The molecule has 12 nitrogen and oxygen atoms in total. The molecule has 12 heteroatoms. The summed E-state index contributed by atoms with van der Waals surface area (Å²) in [6.45, 7) is 33.7. The standard InChI is InChI=1S/C8H16N3.3C8H15N3/c1-7(2)10-5-9-11(6-10)8(3)4;1-6(2)8-9-5-11(10-8)7(3)4;1-6(2)8-5-11(7(3)4)10-9-8;1-6(2)8-5-9-11(10-8)7(3)4/h5-8H,1-4H3;3*5-7H,1-4H3/q+1;;;. The molecule has 0 saturated carbocycles. The Morgan fingerprint density at radius 1 is 0.591 bits per heavy atom. The van der Waals surface area contributed by atoms with Gasteiger partial charge in [-0.1, -0.05) is 46.8 Å². The van der Waals surface area contributed by atoms with Gasteiger partial charge in [0.15, 0.2) is 5.82 Å². The van der Waals surface area contributed by atoms with Crippen LogP contribution >= 0.6 is 0 Å².